The maximum Gasteiger partial charge on any atom is 0.153 e. The van der Waals surface area contributed by atoms with Crippen molar-refractivity contribution in [3.8, 4) is 0 Å². The van der Waals surface area contributed by atoms with Crippen molar-refractivity contribution in [2.45, 2.75) is 27.2 Å². The van der Waals surface area contributed by atoms with Crippen LogP contribution < -0.4 is 4.90 Å². The van der Waals surface area contributed by atoms with Gasteiger partial charge in [-0.15, -0.1) is 5.10 Å². The van der Waals surface area contributed by atoms with Crippen molar-refractivity contribution in [3.63, 3.8) is 0 Å². The molecule has 0 amide bonds. The molecule has 1 aromatic rings. The Labute approximate surface area is 115 Å². The SMILES string of the molecule is CCN(CC)CCCN(CC)c1cnnc(Cl)c1. The molecule has 1 aromatic heterocycles. The second-order valence-corrected chi connectivity index (χ2v) is 4.58. The zero-order valence-electron chi connectivity index (χ0n) is 11.6. The van der Waals surface area contributed by atoms with Gasteiger partial charge in [-0.1, -0.05) is 25.4 Å². The van der Waals surface area contributed by atoms with Gasteiger partial charge in [-0.3, -0.25) is 0 Å². The van der Waals surface area contributed by atoms with E-state index in [1.807, 2.05) is 6.07 Å². The molecule has 0 aliphatic carbocycles. The summed E-state index contributed by atoms with van der Waals surface area (Å²) in [5, 5.41) is 8.12. The van der Waals surface area contributed by atoms with Crippen molar-refractivity contribution in [2.75, 3.05) is 37.6 Å². The third kappa shape index (κ3) is 4.78. The molecule has 0 aromatic carbocycles. The molecular formula is C13H23ClN4. The van der Waals surface area contributed by atoms with Crippen molar-refractivity contribution < 1.29 is 0 Å². The van der Waals surface area contributed by atoms with E-state index in [1.54, 1.807) is 6.20 Å². The van der Waals surface area contributed by atoms with Gasteiger partial charge in [0, 0.05) is 19.2 Å². The zero-order chi connectivity index (χ0) is 13.4. The van der Waals surface area contributed by atoms with Gasteiger partial charge >= 0.3 is 0 Å². The molecule has 1 rings (SSSR count). The predicted molar refractivity (Wildman–Crippen MR) is 77.3 cm³/mol. The van der Waals surface area contributed by atoms with Gasteiger partial charge in [0.05, 0.1) is 11.9 Å². The second-order valence-electron chi connectivity index (χ2n) is 4.20. The maximum absolute atomic E-state index is 5.87. The number of aromatic nitrogens is 2. The van der Waals surface area contributed by atoms with E-state index in [2.05, 4.69) is 40.8 Å². The first-order valence-electron chi connectivity index (χ1n) is 6.66. The van der Waals surface area contributed by atoms with Crippen LogP contribution in [0.15, 0.2) is 12.3 Å². The largest absolute Gasteiger partial charge is 0.370 e. The molecule has 0 spiro atoms. The van der Waals surface area contributed by atoms with Crippen molar-refractivity contribution in [1.82, 2.24) is 15.1 Å². The summed E-state index contributed by atoms with van der Waals surface area (Å²) >= 11 is 5.87. The van der Waals surface area contributed by atoms with Gasteiger partial charge in [-0.25, -0.2) is 0 Å². The van der Waals surface area contributed by atoms with E-state index in [4.69, 9.17) is 11.6 Å². The van der Waals surface area contributed by atoms with Crippen LogP contribution in [0.3, 0.4) is 0 Å². The Morgan fingerprint density at radius 3 is 2.39 bits per heavy atom. The highest BCUT2D eigenvalue weighted by atomic mass is 35.5. The van der Waals surface area contributed by atoms with Gasteiger partial charge in [0.1, 0.15) is 0 Å². The number of nitrogens with zero attached hydrogens (tertiary/aromatic N) is 4. The molecule has 0 aliphatic heterocycles. The minimum Gasteiger partial charge on any atom is -0.370 e. The van der Waals surface area contributed by atoms with Crippen molar-refractivity contribution in [1.29, 1.82) is 0 Å². The number of halogens is 1. The van der Waals surface area contributed by atoms with Gasteiger partial charge in [-0.05, 0) is 33.0 Å². The zero-order valence-corrected chi connectivity index (χ0v) is 12.3. The van der Waals surface area contributed by atoms with Crippen LogP contribution >= 0.6 is 11.6 Å². The molecule has 4 nitrogen and oxygen atoms in total. The van der Waals surface area contributed by atoms with Crippen molar-refractivity contribution >= 4 is 17.3 Å². The Bertz CT molecular complexity index is 342. The van der Waals surface area contributed by atoms with Gasteiger partial charge in [0.2, 0.25) is 0 Å². The van der Waals surface area contributed by atoms with Crippen LogP contribution in [-0.4, -0.2) is 47.8 Å². The van der Waals surface area contributed by atoms with Crippen LogP contribution in [0.1, 0.15) is 27.2 Å². The van der Waals surface area contributed by atoms with E-state index in [0.29, 0.717) is 5.15 Å². The highest BCUT2D eigenvalue weighted by Crippen LogP contribution is 2.15. The molecule has 0 saturated carbocycles. The summed E-state index contributed by atoms with van der Waals surface area (Å²) < 4.78 is 0. The minimum atomic E-state index is 0.453. The highest BCUT2D eigenvalue weighted by Gasteiger charge is 2.06. The van der Waals surface area contributed by atoms with E-state index in [9.17, 15) is 0 Å². The highest BCUT2D eigenvalue weighted by molar-refractivity contribution is 6.29. The first-order chi connectivity index (χ1) is 8.71. The summed E-state index contributed by atoms with van der Waals surface area (Å²) in [5.41, 5.74) is 1.05. The van der Waals surface area contributed by atoms with E-state index >= 15 is 0 Å². The minimum absolute atomic E-state index is 0.453. The van der Waals surface area contributed by atoms with Crippen molar-refractivity contribution in [2.24, 2.45) is 0 Å². The second kappa shape index (κ2) is 8.27. The fraction of sp³-hybridized carbons (Fsp3) is 0.692. The Morgan fingerprint density at radius 1 is 1.11 bits per heavy atom. The third-order valence-corrected chi connectivity index (χ3v) is 3.34. The van der Waals surface area contributed by atoms with Crippen LogP contribution in [0.25, 0.3) is 0 Å². The first-order valence-corrected chi connectivity index (χ1v) is 7.04. The monoisotopic (exact) mass is 270 g/mol. The summed E-state index contributed by atoms with van der Waals surface area (Å²) in [7, 11) is 0. The molecule has 0 aliphatic rings. The summed E-state index contributed by atoms with van der Waals surface area (Å²) in [6.07, 6.45) is 2.92. The Balaban J connectivity index is 2.47. The number of hydrogen-bond donors (Lipinski definition) is 0. The average molecular weight is 271 g/mol. The predicted octanol–water partition coefficient (Wildman–Crippen LogP) is 2.69. The number of hydrogen-bond acceptors (Lipinski definition) is 4. The van der Waals surface area contributed by atoms with Crippen LogP contribution in [0.4, 0.5) is 5.69 Å². The van der Waals surface area contributed by atoms with Gasteiger partial charge in [0.25, 0.3) is 0 Å². The molecule has 0 atom stereocenters. The normalized spacial score (nSPS) is 10.9. The molecule has 0 saturated heterocycles. The van der Waals surface area contributed by atoms with Crippen molar-refractivity contribution in [3.05, 3.63) is 17.4 Å². The van der Waals surface area contributed by atoms with E-state index in [0.717, 1.165) is 44.8 Å². The molecular weight excluding hydrogens is 248 g/mol. The Hall–Kier alpha value is -0.870. The van der Waals surface area contributed by atoms with Crippen LogP contribution in [-0.2, 0) is 0 Å². The molecule has 5 heteroatoms. The lowest BCUT2D eigenvalue weighted by Gasteiger charge is -2.24. The third-order valence-electron chi connectivity index (χ3n) is 3.15. The standard InChI is InChI=1S/C13H23ClN4/c1-4-17(5-2)8-7-9-18(6-3)12-10-13(14)16-15-11-12/h10-11H,4-9H2,1-3H3. The lowest BCUT2D eigenvalue weighted by molar-refractivity contribution is 0.301. The average Bonchev–Trinajstić information content (AvgIpc) is 2.39. The topological polar surface area (TPSA) is 32.3 Å². The lowest BCUT2D eigenvalue weighted by Crippen LogP contribution is -2.30. The van der Waals surface area contributed by atoms with Crippen LogP contribution in [0.5, 0.6) is 0 Å². The van der Waals surface area contributed by atoms with E-state index < -0.39 is 0 Å². The smallest absolute Gasteiger partial charge is 0.153 e. The summed E-state index contributed by atoms with van der Waals surface area (Å²) in [6.45, 7) is 11.9. The molecule has 18 heavy (non-hydrogen) atoms. The molecule has 0 radical (unpaired) electrons. The van der Waals surface area contributed by atoms with E-state index in [-0.39, 0.29) is 0 Å². The molecule has 1 heterocycles. The molecule has 0 bridgehead atoms. The van der Waals surface area contributed by atoms with Crippen LogP contribution in [0, 0.1) is 0 Å². The summed E-state index contributed by atoms with van der Waals surface area (Å²) in [5.74, 6) is 0. The fourth-order valence-electron chi connectivity index (χ4n) is 2.00. The molecule has 0 unspecified atom stereocenters. The molecule has 0 N–H and O–H groups in total. The number of anilines is 1. The van der Waals surface area contributed by atoms with Gasteiger partial charge < -0.3 is 9.80 Å². The van der Waals surface area contributed by atoms with Crippen LogP contribution in [0.2, 0.25) is 5.15 Å². The number of rotatable bonds is 8. The maximum atomic E-state index is 5.87. The Kier molecular flexibility index (Phi) is 6.98. The lowest BCUT2D eigenvalue weighted by atomic mass is 10.3. The fourth-order valence-corrected chi connectivity index (χ4v) is 2.15. The summed E-state index contributed by atoms with van der Waals surface area (Å²) in [6, 6.07) is 1.87. The van der Waals surface area contributed by atoms with Gasteiger partial charge in [-0.2, -0.15) is 5.10 Å². The quantitative estimate of drug-likeness (QED) is 0.727. The van der Waals surface area contributed by atoms with E-state index in [1.165, 1.54) is 0 Å². The molecule has 102 valence electrons. The summed E-state index contributed by atoms with van der Waals surface area (Å²) in [4.78, 5) is 4.72. The first kappa shape index (κ1) is 15.2. The Morgan fingerprint density at radius 2 is 1.83 bits per heavy atom. The molecule has 0 fully saturated rings. The van der Waals surface area contributed by atoms with Gasteiger partial charge in [0.15, 0.2) is 5.15 Å².